The Labute approximate surface area is 166 Å². The number of hydrogen-bond donors (Lipinski definition) is 1. The molecule has 2 aliphatic rings. The number of anilines is 2. The first-order valence-electron chi connectivity index (χ1n) is 9.86. The number of carbonyl (C=O) groups is 1. The van der Waals surface area contributed by atoms with Gasteiger partial charge in [0.05, 0.1) is 10.6 Å². The molecule has 1 saturated heterocycles. The summed E-state index contributed by atoms with van der Waals surface area (Å²) in [4.78, 5) is 17.5. The van der Waals surface area contributed by atoms with Crippen molar-refractivity contribution in [1.29, 1.82) is 0 Å². The van der Waals surface area contributed by atoms with Crippen molar-refractivity contribution in [2.24, 2.45) is 0 Å². The van der Waals surface area contributed by atoms with Crippen LogP contribution in [0.5, 0.6) is 0 Å². The first-order valence-corrected chi connectivity index (χ1v) is 10.2. The van der Waals surface area contributed by atoms with Crippen molar-refractivity contribution in [2.75, 3.05) is 36.4 Å². The third kappa shape index (κ3) is 4.28. The summed E-state index contributed by atoms with van der Waals surface area (Å²) in [7, 11) is 0. The third-order valence-electron chi connectivity index (χ3n) is 5.76. The van der Waals surface area contributed by atoms with E-state index in [0.29, 0.717) is 10.6 Å². The van der Waals surface area contributed by atoms with E-state index in [2.05, 4.69) is 27.2 Å². The van der Waals surface area contributed by atoms with Crippen LogP contribution < -0.4 is 10.2 Å². The summed E-state index contributed by atoms with van der Waals surface area (Å²) in [5.41, 5.74) is 2.50. The molecule has 5 heteroatoms. The van der Waals surface area contributed by atoms with Crippen LogP contribution >= 0.6 is 11.6 Å². The predicted octanol–water partition coefficient (Wildman–Crippen LogP) is 4.66. The molecule has 1 N–H and O–H groups in total. The van der Waals surface area contributed by atoms with Gasteiger partial charge < -0.3 is 10.2 Å². The molecule has 0 aromatic heterocycles. The van der Waals surface area contributed by atoms with Gasteiger partial charge in [-0.05, 0) is 49.2 Å². The number of halogens is 1. The van der Waals surface area contributed by atoms with Crippen molar-refractivity contribution in [1.82, 2.24) is 4.90 Å². The molecular formula is C22H26ClN3O. The van der Waals surface area contributed by atoms with Crippen LogP contribution in [0.1, 0.15) is 36.0 Å². The van der Waals surface area contributed by atoms with Crippen molar-refractivity contribution < 1.29 is 4.79 Å². The second kappa shape index (κ2) is 8.32. The molecule has 2 aromatic carbocycles. The molecule has 2 fully saturated rings. The number of hydrogen-bond acceptors (Lipinski definition) is 3. The molecule has 4 rings (SSSR count). The molecule has 0 radical (unpaired) electrons. The summed E-state index contributed by atoms with van der Waals surface area (Å²) in [5, 5.41) is 3.39. The largest absolute Gasteiger partial charge is 0.369 e. The van der Waals surface area contributed by atoms with E-state index in [1.165, 1.54) is 31.4 Å². The van der Waals surface area contributed by atoms with Gasteiger partial charge in [-0.3, -0.25) is 9.69 Å². The highest BCUT2D eigenvalue weighted by Gasteiger charge is 2.26. The Hall–Kier alpha value is -2.04. The maximum absolute atomic E-state index is 12.4. The Morgan fingerprint density at radius 3 is 2.26 bits per heavy atom. The van der Waals surface area contributed by atoms with Crippen LogP contribution in [0, 0.1) is 0 Å². The van der Waals surface area contributed by atoms with Gasteiger partial charge in [-0.1, -0.05) is 36.6 Å². The fraction of sp³-hybridized carbons (Fsp3) is 0.409. The van der Waals surface area contributed by atoms with E-state index in [1.54, 1.807) is 12.1 Å². The monoisotopic (exact) mass is 383 g/mol. The lowest BCUT2D eigenvalue weighted by molar-refractivity contribution is 0.102. The van der Waals surface area contributed by atoms with Gasteiger partial charge in [0.1, 0.15) is 0 Å². The molecule has 1 amide bonds. The summed E-state index contributed by atoms with van der Waals surface area (Å²) in [6.45, 7) is 4.44. The molecule has 27 heavy (non-hydrogen) atoms. The van der Waals surface area contributed by atoms with Gasteiger partial charge in [-0.15, -0.1) is 0 Å². The molecule has 0 atom stereocenters. The number of amides is 1. The van der Waals surface area contributed by atoms with Crippen molar-refractivity contribution in [3.63, 3.8) is 0 Å². The Kier molecular flexibility index (Phi) is 5.65. The highest BCUT2D eigenvalue weighted by atomic mass is 35.5. The molecule has 1 saturated carbocycles. The summed E-state index contributed by atoms with van der Waals surface area (Å²) in [6.07, 6.45) is 5.54. The fourth-order valence-corrected chi connectivity index (χ4v) is 4.44. The van der Waals surface area contributed by atoms with Gasteiger partial charge in [0.15, 0.2) is 0 Å². The van der Waals surface area contributed by atoms with Crippen LogP contribution in [0.15, 0.2) is 48.5 Å². The summed E-state index contributed by atoms with van der Waals surface area (Å²) in [5.74, 6) is -0.182. The van der Waals surface area contributed by atoms with Gasteiger partial charge in [0.25, 0.3) is 5.91 Å². The topological polar surface area (TPSA) is 35.6 Å². The van der Waals surface area contributed by atoms with E-state index >= 15 is 0 Å². The smallest absolute Gasteiger partial charge is 0.257 e. The Balaban J connectivity index is 1.34. The summed E-state index contributed by atoms with van der Waals surface area (Å²) < 4.78 is 0. The highest BCUT2D eigenvalue weighted by molar-refractivity contribution is 6.34. The van der Waals surface area contributed by atoms with E-state index < -0.39 is 0 Å². The van der Waals surface area contributed by atoms with Crippen LogP contribution in [0.3, 0.4) is 0 Å². The number of nitrogens with zero attached hydrogens (tertiary/aromatic N) is 2. The van der Waals surface area contributed by atoms with Crippen LogP contribution in [0.25, 0.3) is 0 Å². The minimum absolute atomic E-state index is 0.182. The predicted molar refractivity (Wildman–Crippen MR) is 112 cm³/mol. The molecule has 1 aliphatic heterocycles. The van der Waals surface area contributed by atoms with Gasteiger partial charge >= 0.3 is 0 Å². The van der Waals surface area contributed by atoms with E-state index in [9.17, 15) is 4.79 Å². The van der Waals surface area contributed by atoms with Gasteiger partial charge in [0, 0.05) is 43.6 Å². The number of piperazine rings is 1. The van der Waals surface area contributed by atoms with Crippen LogP contribution in [0.4, 0.5) is 11.4 Å². The maximum atomic E-state index is 12.4. The molecule has 142 valence electrons. The van der Waals surface area contributed by atoms with Crippen LogP contribution in [0.2, 0.25) is 5.02 Å². The Morgan fingerprint density at radius 2 is 1.59 bits per heavy atom. The van der Waals surface area contributed by atoms with Gasteiger partial charge in [-0.25, -0.2) is 0 Å². The zero-order valence-electron chi connectivity index (χ0n) is 15.5. The lowest BCUT2D eigenvalue weighted by atomic mass is 10.1. The maximum Gasteiger partial charge on any atom is 0.257 e. The fourth-order valence-electron chi connectivity index (χ4n) is 4.21. The molecule has 0 bridgehead atoms. The summed E-state index contributed by atoms with van der Waals surface area (Å²) in [6, 6.07) is 16.0. The first kappa shape index (κ1) is 18.3. The molecule has 1 aliphatic carbocycles. The zero-order valence-corrected chi connectivity index (χ0v) is 16.3. The minimum Gasteiger partial charge on any atom is -0.369 e. The standard InChI is InChI=1S/C22H26ClN3O/c23-21-8-4-3-7-20(21)22(27)24-17-9-11-19(12-10-17)26-15-13-25(14-16-26)18-5-1-2-6-18/h3-4,7-12,18H,1-2,5-6,13-16H2,(H,24,27). The number of benzene rings is 2. The zero-order chi connectivity index (χ0) is 18.6. The first-order chi connectivity index (χ1) is 13.2. The average molecular weight is 384 g/mol. The highest BCUT2D eigenvalue weighted by Crippen LogP contribution is 2.26. The lowest BCUT2D eigenvalue weighted by Gasteiger charge is -2.39. The SMILES string of the molecule is O=C(Nc1ccc(N2CCN(C3CCCC3)CC2)cc1)c1ccccc1Cl. The second-order valence-corrected chi connectivity index (χ2v) is 7.85. The van der Waals surface area contributed by atoms with Gasteiger partial charge in [0.2, 0.25) is 0 Å². The molecular weight excluding hydrogens is 358 g/mol. The molecule has 4 nitrogen and oxygen atoms in total. The van der Waals surface area contributed by atoms with E-state index in [1.807, 2.05) is 24.3 Å². The number of carbonyl (C=O) groups excluding carboxylic acids is 1. The average Bonchev–Trinajstić information content (AvgIpc) is 3.24. The Bertz CT molecular complexity index is 778. The van der Waals surface area contributed by atoms with Crippen molar-refractivity contribution in [2.45, 2.75) is 31.7 Å². The van der Waals surface area contributed by atoms with E-state index in [0.717, 1.165) is 37.9 Å². The lowest BCUT2D eigenvalue weighted by Crippen LogP contribution is -2.49. The summed E-state index contributed by atoms with van der Waals surface area (Å²) >= 11 is 6.10. The number of rotatable bonds is 4. The second-order valence-electron chi connectivity index (χ2n) is 7.44. The van der Waals surface area contributed by atoms with Crippen molar-refractivity contribution in [3.8, 4) is 0 Å². The number of nitrogens with one attached hydrogen (secondary N) is 1. The molecule has 0 unspecified atom stereocenters. The van der Waals surface area contributed by atoms with E-state index in [4.69, 9.17) is 11.6 Å². The molecule has 0 spiro atoms. The molecule has 1 heterocycles. The van der Waals surface area contributed by atoms with Crippen molar-refractivity contribution >= 4 is 28.9 Å². The third-order valence-corrected chi connectivity index (χ3v) is 6.09. The quantitative estimate of drug-likeness (QED) is 0.834. The van der Waals surface area contributed by atoms with E-state index in [-0.39, 0.29) is 5.91 Å². The van der Waals surface area contributed by atoms with Crippen LogP contribution in [-0.2, 0) is 0 Å². The van der Waals surface area contributed by atoms with Gasteiger partial charge in [-0.2, -0.15) is 0 Å². The minimum atomic E-state index is -0.182. The normalized spacial score (nSPS) is 18.6. The van der Waals surface area contributed by atoms with Crippen LogP contribution in [-0.4, -0.2) is 43.0 Å². The molecule has 2 aromatic rings. The Morgan fingerprint density at radius 1 is 0.926 bits per heavy atom. The van der Waals surface area contributed by atoms with Crippen molar-refractivity contribution in [3.05, 3.63) is 59.1 Å².